The van der Waals surface area contributed by atoms with Crippen LogP contribution in [0.4, 0.5) is 5.69 Å². The van der Waals surface area contributed by atoms with Crippen molar-refractivity contribution in [2.24, 2.45) is 11.7 Å². The predicted molar refractivity (Wildman–Crippen MR) is 84.3 cm³/mol. The summed E-state index contributed by atoms with van der Waals surface area (Å²) in [6, 6.07) is 7.78. The number of hydrogen-bond donors (Lipinski definition) is 3. The molecule has 0 aliphatic carbocycles. The van der Waals surface area contributed by atoms with Crippen molar-refractivity contribution in [3.05, 3.63) is 24.3 Å². The van der Waals surface area contributed by atoms with Crippen molar-refractivity contribution < 1.29 is 14.5 Å². The number of hydrogen-bond acceptors (Lipinski definition) is 3. The molecule has 1 aliphatic heterocycles. The van der Waals surface area contributed by atoms with Gasteiger partial charge in [0, 0.05) is 10.6 Å². The molecular weight excluding hydrogens is 286 g/mol. The highest BCUT2D eigenvalue weighted by Gasteiger charge is 2.28. The number of anilines is 1. The number of likely N-dealkylation sites (tertiary alicyclic amines) is 1. The lowest BCUT2D eigenvalue weighted by Crippen LogP contribution is -3.14. The highest BCUT2D eigenvalue weighted by atomic mass is 32.2. The molecule has 1 fully saturated rings. The van der Waals surface area contributed by atoms with E-state index in [9.17, 15) is 9.59 Å². The van der Waals surface area contributed by atoms with Crippen LogP contribution in [0.3, 0.4) is 0 Å². The van der Waals surface area contributed by atoms with E-state index in [2.05, 4.69) is 5.32 Å². The van der Waals surface area contributed by atoms with Gasteiger partial charge in [-0.05, 0) is 37.3 Å². The number of primary amides is 1. The van der Waals surface area contributed by atoms with Gasteiger partial charge >= 0.3 is 0 Å². The molecule has 1 aliphatic rings. The molecule has 6 heteroatoms. The number of benzene rings is 1. The number of nitrogens with two attached hydrogens (primary N) is 1. The number of thioether (sulfide) groups is 1. The average Bonchev–Trinajstić information content (AvgIpc) is 2.47. The fraction of sp³-hybridized carbons (Fsp3) is 0.467. The molecule has 0 bridgehead atoms. The van der Waals surface area contributed by atoms with Crippen molar-refractivity contribution in [3.63, 3.8) is 0 Å². The van der Waals surface area contributed by atoms with Crippen LogP contribution in [0.1, 0.15) is 12.8 Å². The Balaban J connectivity index is 1.87. The maximum absolute atomic E-state index is 12.1. The van der Waals surface area contributed by atoms with E-state index in [-0.39, 0.29) is 17.7 Å². The minimum Gasteiger partial charge on any atom is -0.369 e. The van der Waals surface area contributed by atoms with Crippen LogP contribution >= 0.6 is 11.8 Å². The van der Waals surface area contributed by atoms with Gasteiger partial charge in [0.2, 0.25) is 5.91 Å². The van der Waals surface area contributed by atoms with Crippen LogP contribution in [0.5, 0.6) is 0 Å². The van der Waals surface area contributed by atoms with Gasteiger partial charge < -0.3 is 16.0 Å². The quantitative estimate of drug-likeness (QED) is 0.677. The van der Waals surface area contributed by atoms with E-state index in [1.165, 1.54) is 0 Å². The largest absolute Gasteiger partial charge is 0.369 e. The lowest BCUT2D eigenvalue weighted by Gasteiger charge is -2.27. The molecule has 1 unspecified atom stereocenters. The number of carbonyl (C=O) groups is 2. The summed E-state index contributed by atoms with van der Waals surface area (Å²) in [5.74, 6) is -0.366. The van der Waals surface area contributed by atoms with Gasteiger partial charge in [0.1, 0.15) is 0 Å². The van der Waals surface area contributed by atoms with Crippen molar-refractivity contribution in [1.29, 1.82) is 0 Å². The van der Waals surface area contributed by atoms with Gasteiger partial charge in [-0.2, -0.15) is 0 Å². The Morgan fingerprint density at radius 2 is 2.29 bits per heavy atom. The fourth-order valence-electron chi connectivity index (χ4n) is 2.69. The minimum absolute atomic E-state index is 0.0200. The zero-order valence-electron chi connectivity index (χ0n) is 12.2. The highest BCUT2D eigenvalue weighted by Crippen LogP contribution is 2.18. The van der Waals surface area contributed by atoms with Crippen LogP contribution in [-0.2, 0) is 9.59 Å². The summed E-state index contributed by atoms with van der Waals surface area (Å²) in [4.78, 5) is 25.6. The number of nitrogens with one attached hydrogen (secondary N) is 2. The van der Waals surface area contributed by atoms with Crippen molar-refractivity contribution in [1.82, 2.24) is 0 Å². The van der Waals surface area contributed by atoms with Crippen molar-refractivity contribution >= 4 is 29.3 Å². The van der Waals surface area contributed by atoms with Crippen molar-refractivity contribution in [2.45, 2.75) is 17.7 Å². The van der Waals surface area contributed by atoms with Crippen LogP contribution in [0.15, 0.2) is 29.2 Å². The Kier molecular flexibility index (Phi) is 5.64. The van der Waals surface area contributed by atoms with E-state index in [4.69, 9.17) is 5.73 Å². The van der Waals surface area contributed by atoms with Gasteiger partial charge in [-0.1, -0.05) is 6.07 Å². The minimum atomic E-state index is -0.250. The summed E-state index contributed by atoms with van der Waals surface area (Å²) in [6.45, 7) is 1.96. The second-order valence-corrected chi connectivity index (χ2v) is 6.28. The van der Waals surface area contributed by atoms with Gasteiger partial charge in [0.15, 0.2) is 6.54 Å². The van der Waals surface area contributed by atoms with Gasteiger partial charge in [-0.25, -0.2) is 0 Å². The van der Waals surface area contributed by atoms with E-state index < -0.39 is 0 Å². The number of piperidine rings is 1. The van der Waals surface area contributed by atoms with E-state index in [0.717, 1.165) is 34.9 Å². The molecule has 2 rings (SSSR count). The Hall–Kier alpha value is -1.53. The zero-order valence-corrected chi connectivity index (χ0v) is 13.0. The molecule has 1 aromatic carbocycles. The van der Waals surface area contributed by atoms with Crippen LogP contribution in [0.25, 0.3) is 0 Å². The van der Waals surface area contributed by atoms with Crippen molar-refractivity contribution in [2.75, 3.05) is 31.2 Å². The Bertz CT molecular complexity index is 521. The van der Waals surface area contributed by atoms with Crippen molar-refractivity contribution in [3.8, 4) is 0 Å². The van der Waals surface area contributed by atoms with Crippen LogP contribution in [-0.4, -0.2) is 37.7 Å². The summed E-state index contributed by atoms with van der Waals surface area (Å²) in [5.41, 5.74) is 6.18. The summed E-state index contributed by atoms with van der Waals surface area (Å²) in [6.07, 6.45) is 3.79. The third-order valence-corrected chi connectivity index (χ3v) is 4.51. The first-order chi connectivity index (χ1) is 10.1. The number of rotatable bonds is 5. The molecule has 4 N–H and O–H groups in total. The summed E-state index contributed by atoms with van der Waals surface area (Å²) < 4.78 is 0. The molecule has 21 heavy (non-hydrogen) atoms. The second kappa shape index (κ2) is 7.47. The van der Waals surface area contributed by atoms with Gasteiger partial charge in [-0.15, -0.1) is 11.8 Å². The monoisotopic (exact) mass is 308 g/mol. The van der Waals surface area contributed by atoms with Gasteiger partial charge in [-0.3, -0.25) is 9.59 Å². The molecule has 0 saturated carbocycles. The summed E-state index contributed by atoms with van der Waals surface area (Å²) >= 11 is 1.64. The van der Waals surface area contributed by atoms with Crippen LogP contribution < -0.4 is 16.0 Å². The lowest BCUT2D eigenvalue weighted by atomic mass is 9.97. The molecule has 1 aromatic rings. The number of amides is 2. The van der Waals surface area contributed by atoms with Crippen LogP contribution in [0, 0.1) is 5.92 Å². The summed E-state index contributed by atoms with van der Waals surface area (Å²) in [7, 11) is 0. The first-order valence-electron chi connectivity index (χ1n) is 7.15. The first kappa shape index (κ1) is 15.9. The number of quaternary nitrogens is 1. The van der Waals surface area contributed by atoms with E-state index in [1.54, 1.807) is 11.8 Å². The molecule has 1 saturated heterocycles. The lowest BCUT2D eigenvalue weighted by molar-refractivity contribution is -0.899. The topological polar surface area (TPSA) is 76.6 Å². The van der Waals surface area contributed by atoms with E-state index in [1.807, 2.05) is 30.5 Å². The molecule has 5 nitrogen and oxygen atoms in total. The van der Waals surface area contributed by atoms with Gasteiger partial charge in [0.05, 0.1) is 19.0 Å². The number of carbonyl (C=O) groups excluding carboxylic acids is 2. The normalized spacial score (nSPS) is 21.8. The SMILES string of the molecule is CSc1cccc(NC(=O)C[NH+]2CCC[C@@H](C(N)=O)C2)c1. The second-order valence-electron chi connectivity index (χ2n) is 5.40. The molecular formula is C15H22N3O2S+. The molecule has 114 valence electrons. The van der Waals surface area contributed by atoms with E-state index in [0.29, 0.717) is 13.1 Å². The molecule has 0 spiro atoms. The molecule has 1 heterocycles. The highest BCUT2D eigenvalue weighted by molar-refractivity contribution is 7.98. The van der Waals surface area contributed by atoms with Gasteiger partial charge in [0.25, 0.3) is 5.91 Å². The third-order valence-electron chi connectivity index (χ3n) is 3.78. The molecule has 2 atom stereocenters. The summed E-state index contributed by atoms with van der Waals surface area (Å²) in [5, 5.41) is 2.92. The fourth-order valence-corrected chi connectivity index (χ4v) is 3.15. The Morgan fingerprint density at radius 3 is 3.00 bits per heavy atom. The Morgan fingerprint density at radius 1 is 1.48 bits per heavy atom. The zero-order chi connectivity index (χ0) is 15.2. The molecule has 0 radical (unpaired) electrons. The standard InChI is InChI=1S/C15H21N3O2S/c1-21-13-6-2-5-12(8-13)17-14(19)10-18-7-3-4-11(9-18)15(16)20/h2,5-6,8,11H,3-4,7,9-10H2,1H3,(H2,16,20)(H,17,19)/p+1/t11-/m1/s1. The Labute approximate surface area is 129 Å². The smallest absolute Gasteiger partial charge is 0.279 e. The molecule has 2 amide bonds. The maximum atomic E-state index is 12.1. The average molecular weight is 308 g/mol. The predicted octanol–water partition coefficient (Wildman–Crippen LogP) is 0.127. The third kappa shape index (κ3) is 4.75. The van der Waals surface area contributed by atoms with Crippen LogP contribution in [0.2, 0.25) is 0 Å². The van der Waals surface area contributed by atoms with E-state index >= 15 is 0 Å². The molecule has 0 aromatic heterocycles. The maximum Gasteiger partial charge on any atom is 0.279 e. The first-order valence-corrected chi connectivity index (χ1v) is 8.37.